The molecule has 19 heavy (non-hydrogen) atoms. The van der Waals surface area contributed by atoms with E-state index in [9.17, 15) is 5.11 Å². The van der Waals surface area contributed by atoms with Crippen LogP contribution in [0.3, 0.4) is 0 Å². The van der Waals surface area contributed by atoms with Gasteiger partial charge in [0.2, 0.25) is 0 Å². The van der Waals surface area contributed by atoms with Gasteiger partial charge in [0.1, 0.15) is 0 Å². The topological polar surface area (TPSA) is 35.5 Å². The summed E-state index contributed by atoms with van der Waals surface area (Å²) in [7, 11) is 0. The Morgan fingerprint density at radius 2 is 1.95 bits per heavy atom. The van der Waals surface area contributed by atoms with Crippen LogP contribution >= 0.6 is 35.6 Å². The smallest absolute Gasteiger partial charge is 0.0640 e. The summed E-state index contributed by atoms with van der Waals surface area (Å²) < 4.78 is 0. The summed E-state index contributed by atoms with van der Waals surface area (Å²) in [6.07, 6.45) is 0.681. The molecule has 1 heterocycles. The van der Waals surface area contributed by atoms with Crippen molar-refractivity contribution in [2.24, 2.45) is 0 Å². The van der Waals surface area contributed by atoms with Crippen molar-refractivity contribution in [3.05, 3.63) is 33.8 Å². The van der Waals surface area contributed by atoms with Gasteiger partial charge in [-0.3, -0.25) is 4.90 Å². The quantitative estimate of drug-likeness (QED) is 0.893. The first kappa shape index (κ1) is 17.0. The van der Waals surface area contributed by atoms with Crippen LogP contribution in [0.5, 0.6) is 0 Å². The molecule has 0 spiro atoms. The van der Waals surface area contributed by atoms with Crippen molar-refractivity contribution in [3.63, 3.8) is 0 Å². The molecular weight excluding hydrogens is 307 g/mol. The van der Waals surface area contributed by atoms with E-state index in [1.165, 1.54) is 0 Å². The van der Waals surface area contributed by atoms with Crippen LogP contribution < -0.4 is 5.32 Å². The zero-order valence-electron chi connectivity index (χ0n) is 10.6. The van der Waals surface area contributed by atoms with Crippen LogP contribution in [0, 0.1) is 0 Å². The van der Waals surface area contributed by atoms with Crippen molar-refractivity contribution >= 4 is 35.6 Å². The monoisotopic (exact) mass is 324 g/mol. The van der Waals surface area contributed by atoms with E-state index in [0.29, 0.717) is 16.5 Å². The summed E-state index contributed by atoms with van der Waals surface area (Å²) in [5, 5.41) is 13.8. The Kier molecular flexibility index (Phi) is 7.44. The minimum Gasteiger partial charge on any atom is -0.396 e. The lowest BCUT2D eigenvalue weighted by molar-refractivity contribution is 0.141. The molecule has 1 aliphatic heterocycles. The summed E-state index contributed by atoms with van der Waals surface area (Å²) in [4.78, 5) is 2.35. The fourth-order valence-electron chi connectivity index (χ4n) is 2.43. The van der Waals surface area contributed by atoms with Gasteiger partial charge in [-0.1, -0.05) is 35.3 Å². The van der Waals surface area contributed by atoms with E-state index in [4.69, 9.17) is 23.2 Å². The van der Waals surface area contributed by atoms with Crippen LogP contribution in [0.4, 0.5) is 0 Å². The predicted octanol–water partition coefficient (Wildman–Crippen LogP) is 2.74. The first-order valence-corrected chi connectivity index (χ1v) is 6.99. The lowest BCUT2D eigenvalue weighted by Crippen LogP contribution is -2.45. The van der Waals surface area contributed by atoms with Gasteiger partial charge in [-0.05, 0) is 18.1 Å². The van der Waals surface area contributed by atoms with Gasteiger partial charge in [-0.15, -0.1) is 12.4 Å². The molecule has 1 fully saturated rings. The Morgan fingerprint density at radius 1 is 1.26 bits per heavy atom. The van der Waals surface area contributed by atoms with Crippen LogP contribution in [0.1, 0.15) is 18.0 Å². The van der Waals surface area contributed by atoms with E-state index in [1.807, 2.05) is 12.1 Å². The van der Waals surface area contributed by atoms with Crippen LogP contribution in [0.25, 0.3) is 0 Å². The average Bonchev–Trinajstić information content (AvgIpc) is 2.41. The van der Waals surface area contributed by atoms with Crippen LogP contribution in [-0.2, 0) is 0 Å². The van der Waals surface area contributed by atoms with Crippen molar-refractivity contribution in [1.82, 2.24) is 10.2 Å². The highest BCUT2D eigenvalue weighted by molar-refractivity contribution is 6.42. The van der Waals surface area contributed by atoms with Gasteiger partial charge in [0.25, 0.3) is 0 Å². The van der Waals surface area contributed by atoms with E-state index < -0.39 is 0 Å². The Balaban J connectivity index is 0.00000180. The number of hydrogen-bond acceptors (Lipinski definition) is 3. The summed E-state index contributed by atoms with van der Waals surface area (Å²) in [6, 6.07) is 5.84. The van der Waals surface area contributed by atoms with Crippen molar-refractivity contribution in [3.8, 4) is 0 Å². The van der Waals surface area contributed by atoms with Crippen LogP contribution in [0.2, 0.25) is 10.0 Å². The van der Waals surface area contributed by atoms with Gasteiger partial charge in [0.05, 0.1) is 10.0 Å². The molecule has 1 saturated heterocycles. The third-order valence-electron chi connectivity index (χ3n) is 3.34. The molecule has 2 N–H and O–H groups in total. The second-order valence-corrected chi connectivity index (χ2v) is 5.24. The minimum absolute atomic E-state index is 0. The highest BCUT2D eigenvalue weighted by atomic mass is 35.5. The minimum atomic E-state index is 0. The molecule has 1 aliphatic rings. The molecule has 0 amide bonds. The van der Waals surface area contributed by atoms with Gasteiger partial charge in [-0.25, -0.2) is 0 Å². The maximum Gasteiger partial charge on any atom is 0.0640 e. The fraction of sp³-hybridized carbons (Fsp3) is 0.538. The number of nitrogens with zero attached hydrogens (tertiary/aromatic N) is 1. The molecule has 1 atom stereocenters. The molecule has 6 heteroatoms. The second-order valence-electron chi connectivity index (χ2n) is 4.46. The van der Waals surface area contributed by atoms with E-state index >= 15 is 0 Å². The van der Waals surface area contributed by atoms with Crippen LogP contribution in [-0.4, -0.2) is 42.8 Å². The number of rotatable bonds is 4. The summed E-state index contributed by atoms with van der Waals surface area (Å²) in [6.45, 7) is 4.03. The van der Waals surface area contributed by atoms with Gasteiger partial charge >= 0.3 is 0 Å². The summed E-state index contributed by atoms with van der Waals surface area (Å²) in [5.41, 5.74) is 1.01. The largest absolute Gasteiger partial charge is 0.396 e. The standard InChI is InChI=1S/C13H18Cl2N2O.ClH/c14-11-3-1-2-10(13(11)15)12(4-9-18)17-7-5-16-6-8-17;/h1-3,12,16,18H,4-9H2;1H/t12-;/m0./s1. The van der Waals surface area contributed by atoms with Crippen molar-refractivity contribution < 1.29 is 5.11 Å². The Labute approximate surface area is 130 Å². The molecule has 0 saturated carbocycles. The molecule has 0 bridgehead atoms. The van der Waals surface area contributed by atoms with E-state index in [2.05, 4.69) is 10.2 Å². The SMILES string of the molecule is Cl.OCC[C@@H](c1cccc(Cl)c1Cl)N1CCNCC1. The lowest BCUT2D eigenvalue weighted by Gasteiger charge is -2.35. The number of aliphatic hydroxyl groups is 1. The van der Waals surface area contributed by atoms with Gasteiger partial charge in [0.15, 0.2) is 0 Å². The number of hydrogen-bond donors (Lipinski definition) is 2. The van der Waals surface area contributed by atoms with E-state index in [-0.39, 0.29) is 25.1 Å². The first-order chi connectivity index (χ1) is 8.74. The first-order valence-electron chi connectivity index (χ1n) is 6.23. The maximum atomic E-state index is 9.27. The maximum absolute atomic E-state index is 9.27. The molecule has 0 unspecified atom stereocenters. The van der Waals surface area contributed by atoms with Crippen LogP contribution in [0.15, 0.2) is 18.2 Å². The molecular formula is C13H19Cl3N2O. The normalized spacial score (nSPS) is 17.8. The third-order valence-corrected chi connectivity index (χ3v) is 4.17. The van der Waals surface area contributed by atoms with Gasteiger partial charge in [-0.2, -0.15) is 0 Å². The van der Waals surface area contributed by atoms with Gasteiger partial charge in [0, 0.05) is 38.8 Å². The Morgan fingerprint density at radius 3 is 2.58 bits per heavy atom. The summed E-state index contributed by atoms with van der Waals surface area (Å²) >= 11 is 12.4. The summed E-state index contributed by atoms with van der Waals surface area (Å²) in [5.74, 6) is 0. The average molecular weight is 326 g/mol. The molecule has 0 aromatic heterocycles. The van der Waals surface area contributed by atoms with Crippen molar-refractivity contribution in [2.75, 3.05) is 32.8 Å². The van der Waals surface area contributed by atoms with E-state index in [1.54, 1.807) is 6.07 Å². The number of aliphatic hydroxyl groups excluding tert-OH is 1. The number of halogens is 3. The molecule has 1 aromatic rings. The lowest BCUT2D eigenvalue weighted by atomic mass is 10.0. The third kappa shape index (κ3) is 4.22. The molecule has 108 valence electrons. The Bertz CT molecular complexity index is 397. The van der Waals surface area contributed by atoms with Crippen molar-refractivity contribution in [2.45, 2.75) is 12.5 Å². The zero-order chi connectivity index (χ0) is 13.0. The second kappa shape index (κ2) is 8.30. The molecule has 3 nitrogen and oxygen atoms in total. The number of piperazine rings is 1. The highest BCUT2D eigenvalue weighted by Crippen LogP contribution is 2.34. The molecule has 0 radical (unpaired) electrons. The molecule has 1 aromatic carbocycles. The zero-order valence-corrected chi connectivity index (χ0v) is 12.9. The van der Waals surface area contributed by atoms with Crippen molar-refractivity contribution in [1.29, 1.82) is 0 Å². The highest BCUT2D eigenvalue weighted by Gasteiger charge is 2.24. The van der Waals surface area contributed by atoms with E-state index in [0.717, 1.165) is 31.7 Å². The number of benzene rings is 1. The fourth-order valence-corrected chi connectivity index (χ4v) is 2.86. The molecule has 0 aliphatic carbocycles. The molecule has 2 rings (SSSR count). The predicted molar refractivity (Wildman–Crippen MR) is 82.6 cm³/mol. The van der Waals surface area contributed by atoms with Gasteiger partial charge < -0.3 is 10.4 Å². The number of nitrogens with one attached hydrogen (secondary N) is 1. The Hall–Kier alpha value is -0.0300.